The van der Waals surface area contributed by atoms with E-state index in [2.05, 4.69) is 16.6 Å². The molecule has 1 aliphatic rings. The first kappa shape index (κ1) is 13.2. The molecule has 0 saturated carbocycles. The number of hydrogen-bond donors (Lipinski definition) is 2. The molecule has 0 aliphatic carbocycles. The Morgan fingerprint density at radius 2 is 2.29 bits per heavy atom. The fourth-order valence-corrected chi connectivity index (χ4v) is 1.55. The number of carbonyl (C=O) groups is 3. The number of nitrogens with zero attached hydrogens (tertiary/aromatic N) is 1. The molecule has 0 spiro atoms. The molecule has 2 unspecified atom stereocenters. The van der Waals surface area contributed by atoms with Gasteiger partial charge in [-0.05, 0) is 6.92 Å². The number of likely N-dealkylation sites (N-methyl/N-ethyl adjacent to an activating group) is 1. The number of rotatable bonds is 4. The molecule has 1 rings (SSSR count). The van der Waals surface area contributed by atoms with Gasteiger partial charge in [-0.2, -0.15) is 0 Å². The van der Waals surface area contributed by atoms with E-state index in [1.54, 1.807) is 6.92 Å². The second-order valence-corrected chi connectivity index (χ2v) is 3.86. The smallest absolute Gasteiger partial charge is 0.246 e. The van der Waals surface area contributed by atoms with Crippen LogP contribution in [0.4, 0.5) is 0 Å². The van der Waals surface area contributed by atoms with E-state index >= 15 is 0 Å². The van der Waals surface area contributed by atoms with Crippen molar-refractivity contribution in [1.29, 1.82) is 0 Å². The third-order valence-electron chi connectivity index (χ3n) is 2.59. The number of likely N-dealkylation sites (tertiary alicyclic amines) is 1. The minimum absolute atomic E-state index is 0.0854. The molecule has 6 heteroatoms. The molecule has 17 heavy (non-hydrogen) atoms. The largest absolute Gasteiger partial charge is 0.344 e. The molecule has 1 aliphatic heterocycles. The summed E-state index contributed by atoms with van der Waals surface area (Å²) in [6.45, 7) is 1.75. The van der Waals surface area contributed by atoms with Gasteiger partial charge in [0.25, 0.3) is 0 Å². The van der Waals surface area contributed by atoms with Crippen molar-refractivity contribution in [2.75, 3.05) is 13.6 Å². The molecule has 0 radical (unpaired) electrons. The molecule has 1 heterocycles. The third kappa shape index (κ3) is 3.04. The highest BCUT2D eigenvalue weighted by Gasteiger charge is 2.37. The van der Waals surface area contributed by atoms with Gasteiger partial charge < -0.3 is 5.32 Å². The van der Waals surface area contributed by atoms with Crippen LogP contribution in [0.15, 0.2) is 0 Å². The average Bonchev–Trinajstić information content (AvgIpc) is 2.54. The Hall–Kier alpha value is -1.87. The summed E-state index contributed by atoms with van der Waals surface area (Å²) in [5.74, 6) is 1.43. The lowest BCUT2D eigenvalue weighted by atomic mass is 10.2. The van der Waals surface area contributed by atoms with Crippen LogP contribution in [0.5, 0.6) is 0 Å². The molecule has 2 N–H and O–H groups in total. The summed E-state index contributed by atoms with van der Waals surface area (Å²) in [4.78, 5) is 35.4. The Kier molecular flexibility index (Phi) is 4.24. The molecule has 0 aromatic heterocycles. The van der Waals surface area contributed by atoms with Gasteiger partial charge in [0, 0.05) is 7.05 Å². The van der Waals surface area contributed by atoms with E-state index in [4.69, 9.17) is 6.42 Å². The molecule has 2 atom stereocenters. The number of carbonyl (C=O) groups excluding carboxylic acids is 3. The maximum absolute atomic E-state index is 11.6. The molecule has 92 valence electrons. The monoisotopic (exact) mass is 237 g/mol. The van der Waals surface area contributed by atoms with Gasteiger partial charge >= 0.3 is 0 Å². The summed E-state index contributed by atoms with van der Waals surface area (Å²) in [5, 5.41) is 5.30. The third-order valence-corrected chi connectivity index (χ3v) is 2.59. The quantitative estimate of drug-likeness (QED) is 0.459. The lowest BCUT2D eigenvalue weighted by Gasteiger charge is -2.16. The highest BCUT2D eigenvalue weighted by Crippen LogP contribution is 2.10. The van der Waals surface area contributed by atoms with Gasteiger partial charge in [-0.15, -0.1) is 6.42 Å². The number of imide groups is 1. The Labute approximate surface area is 99.7 Å². The SMILES string of the molecule is C#CCNC(=O)C(C)NC1CC(=O)N(C)C1=O. The lowest BCUT2D eigenvalue weighted by molar-refractivity contribution is -0.137. The van der Waals surface area contributed by atoms with E-state index in [-0.39, 0.29) is 30.7 Å². The summed E-state index contributed by atoms with van der Waals surface area (Å²) in [5.41, 5.74) is 0. The van der Waals surface area contributed by atoms with E-state index in [1.165, 1.54) is 7.05 Å². The number of hydrogen-bond acceptors (Lipinski definition) is 4. The highest BCUT2D eigenvalue weighted by atomic mass is 16.2. The van der Waals surface area contributed by atoms with Crippen LogP contribution in [-0.4, -0.2) is 48.3 Å². The van der Waals surface area contributed by atoms with Crippen molar-refractivity contribution < 1.29 is 14.4 Å². The van der Waals surface area contributed by atoms with Crippen LogP contribution in [0.1, 0.15) is 13.3 Å². The summed E-state index contributed by atoms with van der Waals surface area (Å²) < 4.78 is 0. The minimum atomic E-state index is -0.626. The highest BCUT2D eigenvalue weighted by molar-refractivity contribution is 6.05. The van der Waals surface area contributed by atoms with Gasteiger partial charge in [-0.3, -0.25) is 24.6 Å². The predicted molar refractivity (Wildman–Crippen MR) is 60.6 cm³/mol. The molecule has 0 aromatic rings. The predicted octanol–water partition coefficient (Wildman–Crippen LogP) is -1.53. The van der Waals surface area contributed by atoms with Crippen LogP contribution in [0.3, 0.4) is 0 Å². The van der Waals surface area contributed by atoms with Crippen molar-refractivity contribution in [3.63, 3.8) is 0 Å². The van der Waals surface area contributed by atoms with E-state index in [9.17, 15) is 14.4 Å². The first-order valence-corrected chi connectivity index (χ1v) is 5.25. The second kappa shape index (κ2) is 5.46. The molecule has 0 bridgehead atoms. The first-order chi connectivity index (χ1) is 7.97. The van der Waals surface area contributed by atoms with Gasteiger partial charge in [0.1, 0.15) is 0 Å². The molecular weight excluding hydrogens is 222 g/mol. The normalized spacial score (nSPS) is 21.2. The Morgan fingerprint density at radius 3 is 2.76 bits per heavy atom. The van der Waals surface area contributed by atoms with Gasteiger partial charge in [0.2, 0.25) is 17.7 Å². The van der Waals surface area contributed by atoms with Crippen LogP contribution < -0.4 is 10.6 Å². The van der Waals surface area contributed by atoms with Crippen molar-refractivity contribution in [1.82, 2.24) is 15.5 Å². The molecular formula is C11H15N3O3. The molecule has 3 amide bonds. The molecule has 1 saturated heterocycles. The molecule has 1 fully saturated rings. The van der Waals surface area contributed by atoms with E-state index in [0.717, 1.165) is 4.90 Å². The zero-order chi connectivity index (χ0) is 13.0. The van der Waals surface area contributed by atoms with Gasteiger partial charge in [-0.1, -0.05) is 5.92 Å². The standard InChI is InChI=1S/C11H15N3O3/c1-4-5-12-10(16)7(2)13-8-6-9(15)14(3)11(8)17/h1,7-8,13H,5-6H2,2-3H3,(H,12,16). The van der Waals surface area contributed by atoms with Crippen molar-refractivity contribution in [3.05, 3.63) is 0 Å². The first-order valence-electron chi connectivity index (χ1n) is 5.25. The van der Waals surface area contributed by atoms with Crippen molar-refractivity contribution in [2.24, 2.45) is 0 Å². The summed E-state index contributed by atoms with van der Waals surface area (Å²) >= 11 is 0. The van der Waals surface area contributed by atoms with Crippen LogP contribution in [0, 0.1) is 12.3 Å². The zero-order valence-corrected chi connectivity index (χ0v) is 9.82. The summed E-state index contributed by atoms with van der Waals surface area (Å²) in [7, 11) is 1.43. The van der Waals surface area contributed by atoms with Crippen LogP contribution in [0.25, 0.3) is 0 Å². The fourth-order valence-electron chi connectivity index (χ4n) is 1.55. The van der Waals surface area contributed by atoms with Crippen molar-refractivity contribution >= 4 is 17.7 Å². The maximum Gasteiger partial charge on any atom is 0.246 e. The maximum atomic E-state index is 11.6. The van der Waals surface area contributed by atoms with Crippen LogP contribution in [-0.2, 0) is 14.4 Å². The van der Waals surface area contributed by atoms with Gasteiger partial charge in [-0.25, -0.2) is 0 Å². The van der Waals surface area contributed by atoms with Crippen molar-refractivity contribution in [2.45, 2.75) is 25.4 Å². The Balaban J connectivity index is 2.50. The molecule has 0 aromatic carbocycles. The Morgan fingerprint density at radius 1 is 1.65 bits per heavy atom. The summed E-state index contributed by atoms with van der Waals surface area (Å²) in [6, 6.07) is -1.20. The van der Waals surface area contributed by atoms with Crippen molar-refractivity contribution in [3.8, 4) is 12.3 Å². The minimum Gasteiger partial charge on any atom is -0.344 e. The average molecular weight is 237 g/mol. The number of nitrogens with one attached hydrogen (secondary N) is 2. The lowest BCUT2D eigenvalue weighted by Crippen LogP contribution is -2.49. The second-order valence-electron chi connectivity index (χ2n) is 3.86. The molecule has 6 nitrogen and oxygen atoms in total. The topological polar surface area (TPSA) is 78.5 Å². The number of amides is 3. The number of terminal acetylenes is 1. The van der Waals surface area contributed by atoms with E-state index in [1.807, 2.05) is 0 Å². The van der Waals surface area contributed by atoms with Gasteiger partial charge in [0.15, 0.2) is 0 Å². The Bertz CT molecular complexity index is 386. The van der Waals surface area contributed by atoms with Crippen LogP contribution in [0.2, 0.25) is 0 Å². The fraction of sp³-hybridized carbons (Fsp3) is 0.545. The van der Waals surface area contributed by atoms with Gasteiger partial charge in [0.05, 0.1) is 25.0 Å². The zero-order valence-electron chi connectivity index (χ0n) is 9.82. The van der Waals surface area contributed by atoms with Crippen LogP contribution >= 0.6 is 0 Å². The van der Waals surface area contributed by atoms with E-state index in [0.29, 0.717) is 0 Å². The van der Waals surface area contributed by atoms with E-state index < -0.39 is 12.1 Å². The summed E-state index contributed by atoms with van der Waals surface area (Å²) in [6.07, 6.45) is 5.09.